The number of aryl methyl sites for hydroxylation is 1. The lowest BCUT2D eigenvalue weighted by Gasteiger charge is -2.08. The van der Waals surface area contributed by atoms with Crippen LogP contribution in [0.5, 0.6) is 5.75 Å². The molecule has 1 unspecified atom stereocenters. The van der Waals surface area contributed by atoms with E-state index < -0.39 is 0 Å². The van der Waals surface area contributed by atoms with Gasteiger partial charge >= 0.3 is 0 Å². The minimum absolute atomic E-state index is 0.254. The van der Waals surface area contributed by atoms with Crippen LogP contribution in [-0.2, 0) is 6.42 Å². The van der Waals surface area contributed by atoms with E-state index >= 15 is 0 Å². The van der Waals surface area contributed by atoms with Gasteiger partial charge in [0.05, 0.1) is 7.11 Å². The van der Waals surface area contributed by atoms with Crippen LogP contribution in [0.25, 0.3) is 11.1 Å². The number of hydrogen-bond donors (Lipinski definition) is 1. The highest BCUT2D eigenvalue weighted by atomic mass is 16.5. The van der Waals surface area contributed by atoms with E-state index in [1.54, 1.807) is 7.11 Å². The first kappa shape index (κ1) is 13.6. The Balaban J connectivity index is 2.17. The van der Waals surface area contributed by atoms with Crippen LogP contribution in [0, 0.1) is 0 Å². The van der Waals surface area contributed by atoms with Gasteiger partial charge in [0.1, 0.15) is 5.75 Å². The molecular formula is C17H21NO. The molecule has 0 aromatic heterocycles. The van der Waals surface area contributed by atoms with Gasteiger partial charge in [-0.15, -0.1) is 0 Å². The predicted octanol–water partition coefficient (Wildman–Crippen LogP) is 3.64. The quantitative estimate of drug-likeness (QED) is 0.885. The van der Waals surface area contributed by atoms with Gasteiger partial charge in [0, 0.05) is 6.04 Å². The van der Waals surface area contributed by atoms with Crippen LogP contribution in [0.4, 0.5) is 0 Å². The number of rotatable bonds is 5. The van der Waals surface area contributed by atoms with Gasteiger partial charge in [0.15, 0.2) is 0 Å². The summed E-state index contributed by atoms with van der Waals surface area (Å²) in [5.74, 6) is 0.886. The van der Waals surface area contributed by atoms with Crippen LogP contribution >= 0.6 is 0 Å². The number of methoxy groups -OCH3 is 1. The van der Waals surface area contributed by atoms with Crippen molar-refractivity contribution in [2.75, 3.05) is 7.11 Å². The number of ether oxygens (including phenoxy) is 1. The molecule has 0 aliphatic carbocycles. The molecular weight excluding hydrogens is 234 g/mol. The SMILES string of the molecule is COc1ccc(-c2cccc(CCC(C)N)c2)cc1. The third kappa shape index (κ3) is 3.83. The van der Waals surface area contributed by atoms with Crippen LogP contribution in [0.15, 0.2) is 48.5 Å². The maximum atomic E-state index is 5.81. The van der Waals surface area contributed by atoms with Crippen LogP contribution in [-0.4, -0.2) is 13.2 Å². The summed E-state index contributed by atoms with van der Waals surface area (Å²) in [6, 6.07) is 17.1. The minimum Gasteiger partial charge on any atom is -0.497 e. The average Bonchev–Trinajstić information content (AvgIpc) is 2.45. The Morgan fingerprint density at radius 1 is 1.05 bits per heavy atom. The normalized spacial score (nSPS) is 12.2. The molecule has 0 saturated heterocycles. The molecule has 2 rings (SSSR count). The predicted molar refractivity (Wildman–Crippen MR) is 80.4 cm³/mol. The Labute approximate surface area is 115 Å². The molecule has 100 valence electrons. The second-order valence-electron chi connectivity index (χ2n) is 4.94. The van der Waals surface area contributed by atoms with Crippen molar-refractivity contribution in [1.82, 2.24) is 0 Å². The maximum Gasteiger partial charge on any atom is 0.118 e. The molecule has 0 fully saturated rings. The van der Waals surface area contributed by atoms with Gasteiger partial charge in [0.2, 0.25) is 0 Å². The first-order valence-corrected chi connectivity index (χ1v) is 6.68. The standard InChI is InChI=1S/C17H21NO/c1-13(18)6-7-14-4-3-5-16(12-14)15-8-10-17(19-2)11-9-15/h3-5,8-13H,6-7,18H2,1-2H3. The molecule has 0 aliphatic rings. The summed E-state index contributed by atoms with van der Waals surface area (Å²) in [5.41, 5.74) is 9.60. The summed E-state index contributed by atoms with van der Waals surface area (Å²) < 4.78 is 5.18. The number of nitrogens with two attached hydrogens (primary N) is 1. The Hall–Kier alpha value is -1.80. The zero-order valence-electron chi connectivity index (χ0n) is 11.6. The zero-order valence-corrected chi connectivity index (χ0v) is 11.6. The molecule has 2 nitrogen and oxygen atoms in total. The van der Waals surface area contributed by atoms with E-state index in [1.807, 2.05) is 19.1 Å². The van der Waals surface area contributed by atoms with Gasteiger partial charge in [-0.2, -0.15) is 0 Å². The second kappa shape index (κ2) is 6.39. The molecule has 1 atom stereocenters. The topological polar surface area (TPSA) is 35.2 Å². The minimum atomic E-state index is 0.254. The summed E-state index contributed by atoms with van der Waals surface area (Å²) in [5, 5.41) is 0. The van der Waals surface area contributed by atoms with E-state index in [4.69, 9.17) is 10.5 Å². The smallest absolute Gasteiger partial charge is 0.118 e. The molecule has 0 radical (unpaired) electrons. The number of benzene rings is 2. The lowest BCUT2D eigenvalue weighted by molar-refractivity contribution is 0.415. The highest BCUT2D eigenvalue weighted by Gasteiger charge is 2.01. The molecule has 0 aliphatic heterocycles. The Kier molecular flexibility index (Phi) is 4.58. The molecule has 0 bridgehead atoms. The van der Waals surface area contributed by atoms with E-state index in [9.17, 15) is 0 Å². The Bertz CT molecular complexity index is 517. The molecule has 0 saturated carbocycles. The first-order chi connectivity index (χ1) is 9.19. The molecule has 2 aromatic rings. The lowest BCUT2D eigenvalue weighted by Crippen LogP contribution is -2.15. The maximum absolute atomic E-state index is 5.81. The highest BCUT2D eigenvalue weighted by molar-refractivity contribution is 5.64. The van der Waals surface area contributed by atoms with Gasteiger partial charge in [-0.3, -0.25) is 0 Å². The van der Waals surface area contributed by atoms with Crippen LogP contribution < -0.4 is 10.5 Å². The Morgan fingerprint density at radius 2 is 1.79 bits per heavy atom. The molecule has 2 aromatic carbocycles. The molecule has 2 heteroatoms. The fraction of sp³-hybridized carbons (Fsp3) is 0.294. The van der Waals surface area contributed by atoms with E-state index in [1.165, 1.54) is 16.7 Å². The Morgan fingerprint density at radius 3 is 2.42 bits per heavy atom. The summed E-state index contributed by atoms with van der Waals surface area (Å²) >= 11 is 0. The van der Waals surface area contributed by atoms with Crippen molar-refractivity contribution in [3.63, 3.8) is 0 Å². The van der Waals surface area contributed by atoms with E-state index in [-0.39, 0.29) is 6.04 Å². The number of hydrogen-bond acceptors (Lipinski definition) is 2. The monoisotopic (exact) mass is 255 g/mol. The molecule has 19 heavy (non-hydrogen) atoms. The van der Waals surface area contributed by atoms with E-state index in [0.717, 1.165) is 18.6 Å². The van der Waals surface area contributed by atoms with Gasteiger partial charge in [-0.1, -0.05) is 36.4 Å². The largest absolute Gasteiger partial charge is 0.497 e. The molecule has 0 heterocycles. The van der Waals surface area contributed by atoms with E-state index in [0.29, 0.717) is 0 Å². The summed E-state index contributed by atoms with van der Waals surface area (Å²) in [7, 11) is 1.68. The lowest BCUT2D eigenvalue weighted by atomic mass is 10.00. The van der Waals surface area contributed by atoms with Crippen molar-refractivity contribution in [2.24, 2.45) is 5.73 Å². The third-order valence-electron chi connectivity index (χ3n) is 3.24. The summed E-state index contributed by atoms with van der Waals surface area (Å²) in [4.78, 5) is 0. The van der Waals surface area contributed by atoms with Crippen molar-refractivity contribution >= 4 is 0 Å². The van der Waals surface area contributed by atoms with Crippen LogP contribution in [0.1, 0.15) is 18.9 Å². The fourth-order valence-electron chi connectivity index (χ4n) is 2.08. The van der Waals surface area contributed by atoms with E-state index in [2.05, 4.69) is 36.4 Å². The van der Waals surface area contributed by atoms with Gasteiger partial charge < -0.3 is 10.5 Å². The van der Waals surface area contributed by atoms with Crippen molar-refractivity contribution in [1.29, 1.82) is 0 Å². The van der Waals surface area contributed by atoms with Crippen molar-refractivity contribution in [3.8, 4) is 16.9 Å². The molecule has 0 amide bonds. The fourth-order valence-corrected chi connectivity index (χ4v) is 2.08. The van der Waals surface area contributed by atoms with Gasteiger partial charge in [0.25, 0.3) is 0 Å². The van der Waals surface area contributed by atoms with Gasteiger partial charge in [-0.25, -0.2) is 0 Å². The third-order valence-corrected chi connectivity index (χ3v) is 3.24. The van der Waals surface area contributed by atoms with Crippen molar-refractivity contribution < 1.29 is 4.74 Å². The molecule has 2 N–H and O–H groups in total. The van der Waals surface area contributed by atoms with Crippen molar-refractivity contribution in [2.45, 2.75) is 25.8 Å². The summed E-state index contributed by atoms with van der Waals surface area (Å²) in [6.07, 6.45) is 2.05. The molecule has 0 spiro atoms. The van der Waals surface area contributed by atoms with Gasteiger partial charge in [-0.05, 0) is 48.6 Å². The highest BCUT2D eigenvalue weighted by Crippen LogP contribution is 2.23. The second-order valence-corrected chi connectivity index (χ2v) is 4.94. The first-order valence-electron chi connectivity index (χ1n) is 6.68. The average molecular weight is 255 g/mol. The van der Waals surface area contributed by atoms with Crippen molar-refractivity contribution in [3.05, 3.63) is 54.1 Å². The summed E-state index contributed by atoms with van der Waals surface area (Å²) in [6.45, 7) is 2.05. The zero-order chi connectivity index (χ0) is 13.7. The van der Waals surface area contributed by atoms with Crippen LogP contribution in [0.2, 0.25) is 0 Å². The van der Waals surface area contributed by atoms with Crippen LogP contribution in [0.3, 0.4) is 0 Å².